The summed E-state index contributed by atoms with van der Waals surface area (Å²) in [5, 5.41) is 11.0. The van der Waals surface area contributed by atoms with Gasteiger partial charge < -0.3 is 20.1 Å². The predicted molar refractivity (Wildman–Crippen MR) is 124 cm³/mol. The fourth-order valence-corrected chi connectivity index (χ4v) is 2.88. The van der Waals surface area contributed by atoms with Gasteiger partial charge in [0.2, 0.25) is 0 Å². The number of carbonyl (C=O) groups excluding carboxylic acids is 1. The van der Waals surface area contributed by atoms with Crippen molar-refractivity contribution in [1.82, 2.24) is 20.4 Å². The zero-order valence-corrected chi connectivity index (χ0v) is 19.9. The van der Waals surface area contributed by atoms with Gasteiger partial charge in [-0.3, -0.25) is 9.67 Å². The van der Waals surface area contributed by atoms with Crippen LogP contribution in [0.25, 0.3) is 0 Å². The molecule has 0 unspecified atom stereocenters. The van der Waals surface area contributed by atoms with Gasteiger partial charge in [-0.25, -0.2) is 4.79 Å². The van der Waals surface area contributed by atoms with Gasteiger partial charge in [-0.1, -0.05) is 6.07 Å². The van der Waals surface area contributed by atoms with E-state index in [1.165, 1.54) is 19.9 Å². The lowest BCUT2D eigenvalue weighted by molar-refractivity contribution is 0.0597. The van der Waals surface area contributed by atoms with Crippen LogP contribution in [0.1, 0.15) is 33.7 Å². The Morgan fingerprint density at radius 3 is 2.55 bits per heavy atom. The molecule has 0 bridgehead atoms. The molecule has 0 fully saturated rings. The molecule has 2 rings (SSSR count). The van der Waals surface area contributed by atoms with E-state index in [0.717, 1.165) is 30.8 Å². The molecule has 0 saturated carbocycles. The maximum Gasteiger partial charge on any atom is 0.341 e. The minimum absolute atomic E-state index is 0. The summed E-state index contributed by atoms with van der Waals surface area (Å²) in [6.07, 6.45) is 0.928. The molecule has 0 radical (unpaired) electrons. The quantitative estimate of drug-likeness (QED) is 0.185. The Morgan fingerprint density at radius 2 is 1.97 bits per heavy atom. The largest absolute Gasteiger partial charge is 0.496 e. The highest BCUT2D eigenvalue weighted by Crippen LogP contribution is 2.20. The van der Waals surface area contributed by atoms with Crippen molar-refractivity contribution < 1.29 is 14.3 Å². The molecule has 0 aliphatic rings. The number of hydrogen-bond acceptors (Lipinski definition) is 5. The van der Waals surface area contributed by atoms with Gasteiger partial charge >= 0.3 is 5.97 Å². The van der Waals surface area contributed by atoms with E-state index in [9.17, 15) is 4.79 Å². The van der Waals surface area contributed by atoms with Crippen LogP contribution in [0.15, 0.2) is 29.3 Å². The Morgan fingerprint density at radius 1 is 1.21 bits per heavy atom. The van der Waals surface area contributed by atoms with Crippen molar-refractivity contribution in [2.45, 2.75) is 33.4 Å². The van der Waals surface area contributed by atoms with Crippen molar-refractivity contribution in [3.63, 3.8) is 0 Å². The summed E-state index contributed by atoms with van der Waals surface area (Å²) in [4.78, 5) is 16.1. The highest BCUT2D eigenvalue weighted by atomic mass is 127. The monoisotopic (exact) mass is 515 g/mol. The lowest BCUT2D eigenvalue weighted by Crippen LogP contribution is -2.37. The minimum atomic E-state index is -0.426. The van der Waals surface area contributed by atoms with Crippen molar-refractivity contribution in [1.29, 1.82) is 0 Å². The number of ether oxygens (including phenoxy) is 2. The highest BCUT2D eigenvalue weighted by molar-refractivity contribution is 14.0. The second-order valence-corrected chi connectivity index (χ2v) is 6.38. The molecule has 8 nitrogen and oxygen atoms in total. The van der Waals surface area contributed by atoms with E-state index in [0.29, 0.717) is 23.8 Å². The topological polar surface area (TPSA) is 89.8 Å². The van der Waals surface area contributed by atoms with E-state index in [1.807, 2.05) is 17.7 Å². The number of aromatic nitrogens is 2. The summed E-state index contributed by atoms with van der Waals surface area (Å²) >= 11 is 0. The normalized spacial score (nSPS) is 10.9. The van der Waals surface area contributed by atoms with E-state index in [2.05, 4.69) is 33.7 Å². The minimum Gasteiger partial charge on any atom is -0.496 e. The summed E-state index contributed by atoms with van der Waals surface area (Å²) in [6.45, 7) is 6.20. The maximum absolute atomic E-state index is 11.9. The van der Waals surface area contributed by atoms with E-state index in [1.54, 1.807) is 19.2 Å². The molecular weight excluding hydrogens is 485 g/mol. The second-order valence-electron chi connectivity index (χ2n) is 6.38. The fourth-order valence-electron chi connectivity index (χ4n) is 2.88. The van der Waals surface area contributed by atoms with Gasteiger partial charge in [-0.2, -0.15) is 5.10 Å². The summed E-state index contributed by atoms with van der Waals surface area (Å²) in [7, 11) is 4.60. The number of aryl methyl sites for hydroxylation is 3. The van der Waals surface area contributed by atoms with Crippen LogP contribution in [-0.2, 0) is 17.8 Å². The Bertz CT molecular complexity index is 836. The summed E-state index contributed by atoms with van der Waals surface area (Å²) in [5.41, 5.74) is 3.53. The molecule has 160 valence electrons. The average molecular weight is 515 g/mol. The number of rotatable bonds is 8. The SMILES string of the molecule is CN=C(NCCCn1nc(C)cc1C)NCc1ccc(OC)c(C(=O)OC)c1.I. The van der Waals surface area contributed by atoms with Gasteiger partial charge in [0.1, 0.15) is 11.3 Å². The maximum atomic E-state index is 11.9. The van der Waals surface area contributed by atoms with Crippen molar-refractivity contribution in [3.8, 4) is 5.75 Å². The van der Waals surface area contributed by atoms with Crippen LogP contribution in [0.4, 0.5) is 0 Å². The van der Waals surface area contributed by atoms with Gasteiger partial charge in [-0.05, 0) is 44.0 Å². The third kappa shape index (κ3) is 7.22. The van der Waals surface area contributed by atoms with Crippen molar-refractivity contribution in [3.05, 3.63) is 46.8 Å². The molecule has 0 atom stereocenters. The van der Waals surface area contributed by atoms with Crippen LogP contribution in [-0.4, -0.2) is 49.5 Å². The molecule has 2 N–H and O–H groups in total. The third-order valence-electron chi connectivity index (χ3n) is 4.30. The van der Waals surface area contributed by atoms with Gasteiger partial charge in [0.25, 0.3) is 0 Å². The van der Waals surface area contributed by atoms with Crippen molar-refractivity contribution >= 4 is 35.9 Å². The van der Waals surface area contributed by atoms with Crippen molar-refractivity contribution in [2.24, 2.45) is 4.99 Å². The molecule has 0 amide bonds. The number of aliphatic imine (C=N–C) groups is 1. The Kier molecular flexibility index (Phi) is 10.5. The Balaban J connectivity index is 0.00000420. The zero-order valence-electron chi connectivity index (χ0n) is 17.6. The van der Waals surface area contributed by atoms with Crippen LogP contribution in [0, 0.1) is 13.8 Å². The molecule has 0 aliphatic heterocycles. The predicted octanol–water partition coefficient (Wildman–Crippen LogP) is 2.67. The number of nitrogens with zero attached hydrogens (tertiary/aromatic N) is 3. The number of guanidine groups is 1. The molecule has 2 aromatic rings. The summed E-state index contributed by atoms with van der Waals surface area (Å²) in [5.74, 6) is 0.761. The lowest BCUT2D eigenvalue weighted by atomic mass is 10.1. The molecule has 0 spiro atoms. The zero-order chi connectivity index (χ0) is 20.5. The second kappa shape index (κ2) is 12.3. The number of halogens is 1. The van der Waals surface area contributed by atoms with Gasteiger partial charge in [-0.15, -0.1) is 24.0 Å². The Labute approximate surface area is 189 Å². The molecule has 29 heavy (non-hydrogen) atoms. The van der Waals surface area contributed by atoms with Crippen LogP contribution >= 0.6 is 24.0 Å². The van der Waals surface area contributed by atoms with Crippen LogP contribution in [0.5, 0.6) is 5.75 Å². The van der Waals surface area contributed by atoms with E-state index < -0.39 is 5.97 Å². The Hall–Kier alpha value is -2.30. The van der Waals surface area contributed by atoms with E-state index in [4.69, 9.17) is 9.47 Å². The first kappa shape index (κ1) is 24.7. The van der Waals surface area contributed by atoms with Gasteiger partial charge in [0.05, 0.1) is 19.9 Å². The molecule has 1 aromatic carbocycles. The first-order valence-corrected chi connectivity index (χ1v) is 9.19. The van der Waals surface area contributed by atoms with Crippen LogP contribution in [0.3, 0.4) is 0 Å². The van der Waals surface area contributed by atoms with E-state index >= 15 is 0 Å². The smallest absolute Gasteiger partial charge is 0.341 e. The summed E-state index contributed by atoms with van der Waals surface area (Å²) < 4.78 is 12.0. The van der Waals surface area contributed by atoms with Gasteiger partial charge in [0.15, 0.2) is 5.96 Å². The number of nitrogens with one attached hydrogen (secondary N) is 2. The molecule has 0 saturated heterocycles. The number of hydrogen-bond donors (Lipinski definition) is 2. The number of carbonyl (C=O) groups is 1. The highest BCUT2D eigenvalue weighted by Gasteiger charge is 2.13. The molecule has 9 heteroatoms. The first-order chi connectivity index (χ1) is 13.5. The number of benzene rings is 1. The summed E-state index contributed by atoms with van der Waals surface area (Å²) in [6, 6.07) is 7.49. The number of methoxy groups -OCH3 is 2. The standard InChI is InChI=1S/C20H29N5O3.HI/c1-14-11-15(2)25(24-14)10-6-9-22-20(21-3)23-13-16-7-8-18(27-4)17(12-16)19(26)28-5;/h7-8,11-12H,6,9-10,13H2,1-5H3,(H2,21,22,23);1H. The third-order valence-corrected chi connectivity index (χ3v) is 4.30. The molecule has 1 aromatic heterocycles. The van der Waals surface area contributed by atoms with Crippen LogP contribution < -0.4 is 15.4 Å². The molecule has 0 aliphatic carbocycles. The number of esters is 1. The first-order valence-electron chi connectivity index (χ1n) is 9.19. The van der Waals surface area contributed by atoms with Gasteiger partial charge in [0, 0.05) is 32.4 Å². The fraction of sp³-hybridized carbons (Fsp3) is 0.450. The van der Waals surface area contributed by atoms with E-state index in [-0.39, 0.29) is 24.0 Å². The molecule has 1 heterocycles. The van der Waals surface area contributed by atoms with Crippen LogP contribution in [0.2, 0.25) is 0 Å². The lowest BCUT2D eigenvalue weighted by Gasteiger charge is -2.13. The van der Waals surface area contributed by atoms with Crippen molar-refractivity contribution in [2.75, 3.05) is 27.8 Å². The molecular formula is C20H30IN5O3. The average Bonchev–Trinajstić information content (AvgIpc) is 3.03.